The minimum Gasteiger partial charge on any atom is -0.508 e. The minimum atomic E-state index is -0.0977. The van der Waals surface area contributed by atoms with Gasteiger partial charge in [0.15, 0.2) is 6.61 Å². The molecule has 2 aromatic rings. The fraction of sp³-hybridized carbons (Fsp3) is 0.278. The third-order valence-electron chi connectivity index (χ3n) is 3.46. The Kier molecular flexibility index (Phi) is 6.44. The Labute approximate surface area is 136 Å². The summed E-state index contributed by atoms with van der Waals surface area (Å²) in [6.07, 6.45) is 0.784. The van der Waals surface area contributed by atoms with E-state index >= 15 is 0 Å². The molecule has 0 aliphatic carbocycles. The normalized spacial score (nSPS) is 10.3. The Balaban J connectivity index is 1.86. The van der Waals surface area contributed by atoms with Crippen LogP contribution in [0.3, 0.4) is 0 Å². The molecule has 0 bridgehead atoms. The van der Waals surface area contributed by atoms with Gasteiger partial charge >= 0.3 is 0 Å². The van der Waals surface area contributed by atoms with E-state index in [4.69, 9.17) is 10.5 Å². The van der Waals surface area contributed by atoms with E-state index in [0.717, 1.165) is 6.42 Å². The highest BCUT2D eigenvalue weighted by molar-refractivity contribution is 5.77. The number of nitrogens with zero attached hydrogens (tertiary/aromatic N) is 1. The molecule has 0 radical (unpaired) electrons. The largest absolute Gasteiger partial charge is 0.508 e. The number of benzene rings is 2. The van der Waals surface area contributed by atoms with Crippen LogP contribution in [0.15, 0.2) is 54.6 Å². The van der Waals surface area contributed by atoms with Gasteiger partial charge in [-0.05, 0) is 36.2 Å². The third-order valence-corrected chi connectivity index (χ3v) is 3.46. The highest BCUT2D eigenvalue weighted by Crippen LogP contribution is 2.15. The van der Waals surface area contributed by atoms with Crippen molar-refractivity contribution in [2.75, 3.05) is 26.2 Å². The summed E-state index contributed by atoms with van der Waals surface area (Å²) in [6.45, 7) is 1.49. The number of aromatic hydroxyl groups is 1. The van der Waals surface area contributed by atoms with Gasteiger partial charge in [-0.2, -0.15) is 0 Å². The molecule has 0 saturated carbocycles. The van der Waals surface area contributed by atoms with Crippen molar-refractivity contribution in [2.24, 2.45) is 5.73 Å². The van der Waals surface area contributed by atoms with Crippen molar-refractivity contribution in [1.29, 1.82) is 0 Å². The first-order valence-electron chi connectivity index (χ1n) is 7.62. The molecule has 0 saturated heterocycles. The Morgan fingerprint density at radius 1 is 1.04 bits per heavy atom. The van der Waals surface area contributed by atoms with Crippen LogP contribution in [0.1, 0.15) is 5.56 Å². The highest BCUT2D eigenvalue weighted by Gasteiger charge is 2.13. The molecule has 2 aromatic carbocycles. The number of amides is 1. The lowest BCUT2D eigenvalue weighted by atomic mass is 10.1. The molecule has 0 aromatic heterocycles. The number of ether oxygens (including phenoxy) is 1. The second kappa shape index (κ2) is 8.80. The van der Waals surface area contributed by atoms with E-state index < -0.39 is 0 Å². The van der Waals surface area contributed by atoms with Gasteiger partial charge in [0.05, 0.1) is 0 Å². The molecule has 0 spiro atoms. The summed E-state index contributed by atoms with van der Waals surface area (Å²) in [5, 5.41) is 9.23. The molecule has 0 heterocycles. The van der Waals surface area contributed by atoms with Crippen LogP contribution in [-0.2, 0) is 11.2 Å². The van der Waals surface area contributed by atoms with E-state index in [1.165, 1.54) is 17.7 Å². The monoisotopic (exact) mass is 314 g/mol. The lowest BCUT2D eigenvalue weighted by Gasteiger charge is -2.22. The molecule has 1 amide bonds. The number of carbonyl (C=O) groups excluding carboxylic acids is 1. The van der Waals surface area contributed by atoms with Gasteiger partial charge in [0.1, 0.15) is 11.5 Å². The van der Waals surface area contributed by atoms with Gasteiger partial charge in [-0.15, -0.1) is 0 Å². The van der Waals surface area contributed by atoms with Crippen molar-refractivity contribution in [3.05, 3.63) is 60.2 Å². The van der Waals surface area contributed by atoms with E-state index in [-0.39, 0.29) is 18.3 Å². The summed E-state index contributed by atoms with van der Waals surface area (Å²) in [5.41, 5.74) is 6.78. The van der Waals surface area contributed by atoms with Crippen LogP contribution in [0.4, 0.5) is 0 Å². The predicted molar refractivity (Wildman–Crippen MR) is 89.4 cm³/mol. The van der Waals surface area contributed by atoms with Crippen LogP contribution in [0.2, 0.25) is 0 Å². The van der Waals surface area contributed by atoms with E-state index in [2.05, 4.69) is 0 Å². The first-order valence-corrected chi connectivity index (χ1v) is 7.62. The zero-order valence-corrected chi connectivity index (χ0v) is 13.0. The summed E-state index contributed by atoms with van der Waals surface area (Å²) in [4.78, 5) is 14.0. The predicted octanol–water partition coefficient (Wildman–Crippen LogP) is 1.80. The van der Waals surface area contributed by atoms with Crippen LogP contribution >= 0.6 is 0 Å². The fourth-order valence-electron chi connectivity index (χ4n) is 2.20. The van der Waals surface area contributed by atoms with Crippen molar-refractivity contribution in [3.8, 4) is 11.5 Å². The maximum absolute atomic E-state index is 12.3. The van der Waals surface area contributed by atoms with E-state index in [0.29, 0.717) is 25.4 Å². The molecular formula is C18H22N2O3. The summed E-state index contributed by atoms with van der Waals surface area (Å²) in [5.74, 6) is 0.614. The van der Waals surface area contributed by atoms with Crippen molar-refractivity contribution in [3.63, 3.8) is 0 Å². The minimum absolute atomic E-state index is 0.0421. The molecule has 0 atom stereocenters. The number of carbonyl (C=O) groups is 1. The molecular weight excluding hydrogens is 292 g/mol. The number of phenols is 1. The molecule has 0 unspecified atom stereocenters. The maximum Gasteiger partial charge on any atom is 0.260 e. The van der Waals surface area contributed by atoms with Crippen LogP contribution in [0.25, 0.3) is 0 Å². The quantitative estimate of drug-likeness (QED) is 0.779. The van der Waals surface area contributed by atoms with Gasteiger partial charge in [0.2, 0.25) is 0 Å². The zero-order valence-electron chi connectivity index (χ0n) is 13.0. The molecule has 0 fully saturated rings. The first-order chi connectivity index (χ1) is 11.2. The van der Waals surface area contributed by atoms with Crippen LogP contribution < -0.4 is 10.5 Å². The third kappa shape index (κ3) is 5.64. The van der Waals surface area contributed by atoms with E-state index in [1.54, 1.807) is 17.0 Å². The molecule has 0 aliphatic rings. The number of phenolic OH excluding ortho intramolecular Hbond substituents is 1. The lowest BCUT2D eigenvalue weighted by Crippen LogP contribution is -2.39. The standard InChI is InChI=1S/C18H22N2O3/c19-11-13-20(12-10-15-4-2-1-3-5-15)18(22)14-23-17-8-6-16(21)7-9-17/h1-9,21H,10-14,19H2. The van der Waals surface area contributed by atoms with E-state index in [1.807, 2.05) is 30.3 Å². The molecule has 23 heavy (non-hydrogen) atoms. The van der Waals surface area contributed by atoms with Crippen molar-refractivity contribution < 1.29 is 14.6 Å². The van der Waals surface area contributed by atoms with Crippen LogP contribution in [-0.4, -0.2) is 42.2 Å². The number of rotatable bonds is 8. The topological polar surface area (TPSA) is 75.8 Å². The first kappa shape index (κ1) is 16.8. The van der Waals surface area contributed by atoms with Crippen LogP contribution in [0, 0.1) is 0 Å². The molecule has 5 heteroatoms. The molecule has 2 rings (SSSR count). The lowest BCUT2D eigenvalue weighted by molar-refractivity contribution is -0.133. The Bertz CT molecular complexity index is 599. The second-order valence-electron chi connectivity index (χ2n) is 5.19. The summed E-state index contributed by atoms with van der Waals surface area (Å²) in [7, 11) is 0. The average molecular weight is 314 g/mol. The summed E-state index contributed by atoms with van der Waals surface area (Å²) in [6, 6.07) is 16.3. The molecule has 0 aliphatic heterocycles. The Morgan fingerprint density at radius 2 is 1.74 bits per heavy atom. The summed E-state index contributed by atoms with van der Waals surface area (Å²) < 4.78 is 5.46. The SMILES string of the molecule is NCCN(CCc1ccccc1)C(=O)COc1ccc(O)cc1. The Morgan fingerprint density at radius 3 is 2.39 bits per heavy atom. The molecule has 3 N–H and O–H groups in total. The average Bonchev–Trinajstić information content (AvgIpc) is 2.58. The van der Waals surface area contributed by atoms with Crippen molar-refractivity contribution in [1.82, 2.24) is 4.90 Å². The zero-order chi connectivity index (χ0) is 16.5. The number of nitrogens with two attached hydrogens (primary N) is 1. The van der Waals surface area contributed by atoms with Crippen molar-refractivity contribution >= 4 is 5.91 Å². The van der Waals surface area contributed by atoms with Crippen molar-refractivity contribution in [2.45, 2.75) is 6.42 Å². The second-order valence-corrected chi connectivity index (χ2v) is 5.19. The van der Waals surface area contributed by atoms with E-state index in [9.17, 15) is 9.90 Å². The van der Waals surface area contributed by atoms with Gasteiger partial charge in [-0.25, -0.2) is 0 Å². The smallest absolute Gasteiger partial charge is 0.260 e. The van der Waals surface area contributed by atoms with Gasteiger partial charge in [-0.1, -0.05) is 30.3 Å². The van der Waals surface area contributed by atoms with Gasteiger partial charge in [0, 0.05) is 19.6 Å². The number of hydrogen-bond donors (Lipinski definition) is 2. The Hall–Kier alpha value is -2.53. The molecule has 122 valence electrons. The van der Waals surface area contributed by atoms with Gasteiger partial charge in [-0.3, -0.25) is 4.79 Å². The maximum atomic E-state index is 12.3. The molecule has 5 nitrogen and oxygen atoms in total. The number of hydrogen-bond acceptors (Lipinski definition) is 4. The highest BCUT2D eigenvalue weighted by atomic mass is 16.5. The van der Waals surface area contributed by atoms with Crippen LogP contribution in [0.5, 0.6) is 11.5 Å². The fourth-order valence-corrected chi connectivity index (χ4v) is 2.20. The van der Waals surface area contributed by atoms with Gasteiger partial charge < -0.3 is 20.5 Å². The summed E-state index contributed by atoms with van der Waals surface area (Å²) >= 11 is 0. The van der Waals surface area contributed by atoms with Gasteiger partial charge in [0.25, 0.3) is 5.91 Å².